The second kappa shape index (κ2) is 6.80. The van der Waals surface area contributed by atoms with E-state index in [-0.39, 0.29) is 6.10 Å². The van der Waals surface area contributed by atoms with Crippen molar-refractivity contribution in [2.75, 3.05) is 13.1 Å². The zero-order chi connectivity index (χ0) is 10.2. The Morgan fingerprint density at radius 1 is 1.50 bits per heavy atom. The van der Waals surface area contributed by atoms with Crippen molar-refractivity contribution in [2.45, 2.75) is 32.3 Å². The largest absolute Gasteiger partial charge is 0.393 e. The van der Waals surface area contributed by atoms with Crippen molar-refractivity contribution in [3.8, 4) is 0 Å². The first-order valence-corrected chi connectivity index (χ1v) is 5.36. The van der Waals surface area contributed by atoms with Gasteiger partial charge in [0, 0.05) is 0 Å². The molecular formula is C12H20NO. The Morgan fingerprint density at radius 2 is 2.36 bits per heavy atom. The summed E-state index contributed by atoms with van der Waals surface area (Å²) in [5.74, 6) is 0. The Bertz CT molecular complexity index is 206. The molecule has 0 aromatic carbocycles. The Morgan fingerprint density at radius 3 is 3.00 bits per heavy atom. The summed E-state index contributed by atoms with van der Waals surface area (Å²) >= 11 is 0. The van der Waals surface area contributed by atoms with Gasteiger partial charge in [-0.25, -0.2) is 0 Å². The Labute approximate surface area is 86.7 Å². The van der Waals surface area contributed by atoms with Crippen LogP contribution in [0.2, 0.25) is 0 Å². The van der Waals surface area contributed by atoms with Gasteiger partial charge in [-0.05, 0) is 45.7 Å². The molecule has 1 rings (SSSR count). The summed E-state index contributed by atoms with van der Waals surface area (Å²) in [6.07, 6.45) is 11.5. The van der Waals surface area contributed by atoms with Gasteiger partial charge in [-0.1, -0.05) is 23.8 Å². The predicted molar refractivity (Wildman–Crippen MR) is 59.9 cm³/mol. The van der Waals surface area contributed by atoms with Crippen LogP contribution in [-0.4, -0.2) is 24.3 Å². The fraction of sp³-hybridized carbons (Fsp3) is 0.583. The number of hydrogen-bond donors (Lipinski definition) is 2. The summed E-state index contributed by atoms with van der Waals surface area (Å²) in [6.45, 7) is 3.73. The molecule has 1 unspecified atom stereocenters. The van der Waals surface area contributed by atoms with Gasteiger partial charge in [0.2, 0.25) is 0 Å². The van der Waals surface area contributed by atoms with E-state index < -0.39 is 0 Å². The topological polar surface area (TPSA) is 32.3 Å². The standard InChI is InChI=1S/C12H20NO/c1-11(14)7-9-13-10-8-12-5-3-2-4-6-12/h2-3,5-6,11,13-14H,4,7-10H2,1H3. The van der Waals surface area contributed by atoms with Crippen molar-refractivity contribution in [1.82, 2.24) is 5.32 Å². The van der Waals surface area contributed by atoms with Crippen molar-refractivity contribution in [3.05, 3.63) is 30.2 Å². The molecule has 0 saturated carbocycles. The van der Waals surface area contributed by atoms with Gasteiger partial charge in [-0.3, -0.25) is 0 Å². The molecule has 1 aliphatic rings. The fourth-order valence-electron chi connectivity index (χ4n) is 1.41. The SMILES string of the molecule is CC(O)CCNCCC1=CC[CH]C=C1. The molecule has 2 nitrogen and oxygen atoms in total. The van der Waals surface area contributed by atoms with Crippen molar-refractivity contribution in [2.24, 2.45) is 0 Å². The lowest BCUT2D eigenvalue weighted by atomic mass is 10.0. The van der Waals surface area contributed by atoms with Gasteiger partial charge < -0.3 is 10.4 Å². The molecule has 2 heteroatoms. The van der Waals surface area contributed by atoms with E-state index in [0.717, 1.165) is 32.4 Å². The minimum Gasteiger partial charge on any atom is -0.393 e. The van der Waals surface area contributed by atoms with Crippen LogP contribution in [0.4, 0.5) is 0 Å². The second-order valence-electron chi connectivity index (χ2n) is 3.75. The van der Waals surface area contributed by atoms with E-state index in [0.29, 0.717) is 0 Å². The van der Waals surface area contributed by atoms with Crippen molar-refractivity contribution in [1.29, 1.82) is 0 Å². The van der Waals surface area contributed by atoms with Crippen LogP contribution >= 0.6 is 0 Å². The molecule has 0 bridgehead atoms. The van der Waals surface area contributed by atoms with E-state index in [2.05, 4.69) is 30.0 Å². The highest BCUT2D eigenvalue weighted by molar-refractivity contribution is 5.26. The van der Waals surface area contributed by atoms with Gasteiger partial charge in [0.15, 0.2) is 0 Å². The van der Waals surface area contributed by atoms with Gasteiger partial charge in [-0.2, -0.15) is 0 Å². The van der Waals surface area contributed by atoms with Crippen molar-refractivity contribution in [3.63, 3.8) is 0 Å². The Balaban J connectivity index is 1.98. The van der Waals surface area contributed by atoms with E-state index in [4.69, 9.17) is 5.11 Å². The predicted octanol–water partition coefficient (Wildman–Crippen LogP) is 1.83. The first kappa shape index (κ1) is 11.5. The molecule has 1 atom stereocenters. The quantitative estimate of drug-likeness (QED) is 0.632. The van der Waals surface area contributed by atoms with Crippen LogP contribution in [0.15, 0.2) is 23.8 Å². The summed E-state index contributed by atoms with van der Waals surface area (Å²) in [4.78, 5) is 0. The normalized spacial score (nSPS) is 18.0. The van der Waals surface area contributed by atoms with E-state index in [1.54, 1.807) is 0 Å². The zero-order valence-electron chi connectivity index (χ0n) is 8.87. The van der Waals surface area contributed by atoms with Crippen LogP contribution in [-0.2, 0) is 0 Å². The van der Waals surface area contributed by atoms with Crippen LogP contribution in [0.5, 0.6) is 0 Å². The van der Waals surface area contributed by atoms with Crippen LogP contribution in [0.1, 0.15) is 26.2 Å². The van der Waals surface area contributed by atoms with Gasteiger partial charge >= 0.3 is 0 Å². The molecule has 0 spiro atoms. The summed E-state index contributed by atoms with van der Waals surface area (Å²) in [5, 5.41) is 12.4. The highest BCUT2D eigenvalue weighted by Gasteiger charge is 1.98. The molecule has 2 N–H and O–H groups in total. The number of nitrogens with one attached hydrogen (secondary N) is 1. The minimum absolute atomic E-state index is 0.189. The number of aliphatic hydroxyl groups is 1. The molecule has 0 heterocycles. The number of allylic oxidation sites excluding steroid dienone is 3. The minimum atomic E-state index is -0.189. The molecular weight excluding hydrogens is 174 g/mol. The van der Waals surface area contributed by atoms with Crippen LogP contribution < -0.4 is 5.32 Å². The molecule has 0 fully saturated rings. The van der Waals surface area contributed by atoms with Gasteiger partial charge in [0.05, 0.1) is 6.10 Å². The highest BCUT2D eigenvalue weighted by Crippen LogP contribution is 2.11. The number of hydrogen-bond acceptors (Lipinski definition) is 2. The molecule has 0 aliphatic heterocycles. The third-order valence-electron chi connectivity index (χ3n) is 2.29. The summed E-state index contributed by atoms with van der Waals surface area (Å²) in [7, 11) is 0. The molecule has 0 aromatic heterocycles. The first-order chi connectivity index (χ1) is 6.79. The Hall–Kier alpha value is -0.600. The fourth-order valence-corrected chi connectivity index (χ4v) is 1.41. The lowest BCUT2D eigenvalue weighted by molar-refractivity contribution is 0.184. The smallest absolute Gasteiger partial charge is 0.0524 e. The van der Waals surface area contributed by atoms with Crippen molar-refractivity contribution >= 4 is 0 Å². The Kier molecular flexibility index (Phi) is 5.57. The van der Waals surface area contributed by atoms with Gasteiger partial charge in [0.1, 0.15) is 0 Å². The lowest BCUT2D eigenvalue weighted by Gasteiger charge is -2.08. The average molecular weight is 194 g/mol. The maximum Gasteiger partial charge on any atom is 0.0524 e. The molecule has 0 amide bonds. The maximum atomic E-state index is 9.03. The van der Waals surface area contributed by atoms with Crippen LogP contribution in [0.3, 0.4) is 0 Å². The first-order valence-electron chi connectivity index (χ1n) is 5.36. The van der Waals surface area contributed by atoms with Crippen molar-refractivity contribution < 1.29 is 5.11 Å². The maximum absolute atomic E-state index is 9.03. The third-order valence-corrected chi connectivity index (χ3v) is 2.29. The van der Waals surface area contributed by atoms with Crippen LogP contribution in [0, 0.1) is 6.42 Å². The highest BCUT2D eigenvalue weighted by atomic mass is 16.3. The van der Waals surface area contributed by atoms with E-state index in [1.165, 1.54) is 5.57 Å². The van der Waals surface area contributed by atoms with E-state index >= 15 is 0 Å². The van der Waals surface area contributed by atoms with E-state index in [1.807, 2.05) is 6.92 Å². The molecule has 79 valence electrons. The monoisotopic (exact) mass is 194 g/mol. The third kappa shape index (κ3) is 5.20. The molecule has 1 aliphatic carbocycles. The van der Waals surface area contributed by atoms with Gasteiger partial charge in [0.25, 0.3) is 0 Å². The summed E-state index contributed by atoms with van der Waals surface area (Å²) < 4.78 is 0. The summed E-state index contributed by atoms with van der Waals surface area (Å²) in [6, 6.07) is 0. The number of aliphatic hydroxyl groups excluding tert-OH is 1. The van der Waals surface area contributed by atoms with Gasteiger partial charge in [-0.15, -0.1) is 0 Å². The molecule has 0 aromatic rings. The molecule has 14 heavy (non-hydrogen) atoms. The second-order valence-corrected chi connectivity index (χ2v) is 3.75. The van der Waals surface area contributed by atoms with E-state index in [9.17, 15) is 0 Å². The average Bonchev–Trinajstić information content (AvgIpc) is 2.18. The summed E-state index contributed by atoms with van der Waals surface area (Å²) in [5.41, 5.74) is 1.41. The molecule has 1 radical (unpaired) electrons. The zero-order valence-corrected chi connectivity index (χ0v) is 8.87. The molecule has 0 saturated heterocycles. The lowest BCUT2D eigenvalue weighted by Crippen LogP contribution is -2.20. The number of rotatable bonds is 6. The van der Waals surface area contributed by atoms with Crippen LogP contribution in [0.25, 0.3) is 0 Å².